The van der Waals surface area contributed by atoms with Gasteiger partial charge < -0.3 is 35.2 Å². The lowest BCUT2D eigenvalue weighted by molar-refractivity contribution is -0.147. The molecule has 0 saturated heterocycles. The summed E-state index contributed by atoms with van der Waals surface area (Å²) in [4.78, 5) is 75.4. The maximum atomic E-state index is 13.6. The Kier molecular flexibility index (Phi) is 13.5. The number of carboxylic acid groups (broad SMARTS) is 5. The van der Waals surface area contributed by atoms with E-state index in [4.69, 9.17) is 4.74 Å². The van der Waals surface area contributed by atoms with E-state index in [1.165, 1.54) is 24.3 Å². The van der Waals surface area contributed by atoms with Gasteiger partial charge in [-0.05, 0) is 159 Å². The molecule has 0 spiro atoms. The van der Waals surface area contributed by atoms with Crippen molar-refractivity contribution in [3.63, 3.8) is 0 Å². The number of hydrogen-bond acceptors (Lipinski definition) is 8. The standard InChI is InChI=1S/C53H45NO12/c1-29-23-30(2)46(31(3)24-29)34-11-19-39(20-12-34)54(37-15-7-32(8-16-37)25-42(49(59)60)35-13-21-40(47(55)56)44(27-35)50(61)62)38-17-9-33(10-18-38)26-43(52(65)66-53(4,5)6)36-14-22-41(48(57)58)45(28-36)51(63)64/h7-28H,1-6H3,(H,55,56)(H,57,58)(H,59,60)(H,61,62)(H,63,64)/b42-25-,43-26-. The normalized spacial score (nSPS) is 11.7. The van der Waals surface area contributed by atoms with Gasteiger partial charge >= 0.3 is 35.8 Å². The molecule has 0 aliphatic carbocycles. The van der Waals surface area contributed by atoms with Crippen molar-refractivity contribution in [2.45, 2.75) is 47.1 Å². The van der Waals surface area contributed by atoms with Gasteiger partial charge in [0, 0.05) is 17.1 Å². The van der Waals surface area contributed by atoms with Gasteiger partial charge in [0.1, 0.15) is 5.60 Å². The van der Waals surface area contributed by atoms with Crippen molar-refractivity contribution in [1.29, 1.82) is 0 Å². The van der Waals surface area contributed by atoms with E-state index in [0.29, 0.717) is 22.5 Å². The average Bonchev–Trinajstić information content (AvgIpc) is 3.24. The van der Waals surface area contributed by atoms with Crippen LogP contribution in [-0.2, 0) is 14.3 Å². The summed E-state index contributed by atoms with van der Waals surface area (Å²) in [6.45, 7) is 11.2. The number of aryl methyl sites for hydroxylation is 3. The van der Waals surface area contributed by atoms with Crippen LogP contribution in [-0.4, -0.2) is 66.9 Å². The molecule has 6 rings (SSSR count). The lowest BCUT2D eigenvalue weighted by atomic mass is 9.93. The smallest absolute Gasteiger partial charge is 0.339 e. The average molecular weight is 888 g/mol. The second-order valence-electron chi connectivity index (χ2n) is 16.5. The molecule has 0 radical (unpaired) electrons. The minimum Gasteiger partial charge on any atom is -0.478 e. The molecule has 0 amide bonds. The third-order valence-corrected chi connectivity index (χ3v) is 10.4. The van der Waals surface area contributed by atoms with E-state index in [-0.39, 0.29) is 22.3 Å². The van der Waals surface area contributed by atoms with Gasteiger partial charge in [0.15, 0.2) is 0 Å². The Morgan fingerprint density at radius 2 is 0.864 bits per heavy atom. The molecular formula is C53H45NO12. The maximum absolute atomic E-state index is 13.6. The molecule has 0 fully saturated rings. The first-order chi connectivity index (χ1) is 31.1. The quantitative estimate of drug-likeness (QED) is 0.0391. The van der Waals surface area contributed by atoms with E-state index in [0.717, 1.165) is 57.8 Å². The Labute approximate surface area is 379 Å². The van der Waals surface area contributed by atoms with E-state index >= 15 is 0 Å². The molecule has 13 heteroatoms. The monoisotopic (exact) mass is 887 g/mol. The summed E-state index contributed by atoms with van der Waals surface area (Å²) in [5.41, 5.74) is 5.59. The zero-order valence-electron chi connectivity index (χ0n) is 36.7. The number of rotatable bonds is 14. The van der Waals surface area contributed by atoms with E-state index in [1.807, 2.05) is 41.3 Å². The van der Waals surface area contributed by atoms with Crippen molar-refractivity contribution in [3.05, 3.63) is 183 Å². The minimum atomic E-state index is -1.52. The van der Waals surface area contributed by atoms with Crippen molar-refractivity contribution < 1.29 is 59.0 Å². The Balaban J connectivity index is 1.45. The number of carboxylic acids is 5. The molecule has 6 aromatic carbocycles. The molecule has 13 nitrogen and oxygen atoms in total. The maximum Gasteiger partial charge on any atom is 0.339 e. The lowest BCUT2D eigenvalue weighted by Crippen LogP contribution is -2.24. The molecule has 0 aliphatic rings. The van der Waals surface area contributed by atoms with Crippen molar-refractivity contribution in [2.24, 2.45) is 0 Å². The van der Waals surface area contributed by atoms with Crippen molar-refractivity contribution in [2.75, 3.05) is 4.90 Å². The first kappa shape index (κ1) is 46.9. The molecule has 0 aromatic heterocycles. The van der Waals surface area contributed by atoms with Gasteiger partial charge in [-0.25, -0.2) is 28.8 Å². The van der Waals surface area contributed by atoms with Gasteiger partial charge in [-0.1, -0.05) is 66.2 Å². The van der Waals surface area contributed by atoms with Crippen LogP contribution in [0.5, 0.6) is 0 Å². The highest BCUT2D eigenvalue weighted by atomic mass is 16.6. The first-order valence-electron chi connectivity index (χ1n) is 20.4. The summed E-state index contributed by atoms with van der Waals surface area (Å²) in [6.07, 6.45) is 2.89. The number of hydrogen-bond donors (Lipinski definition) is 5. The molecular weight excluding hydrogens is 843 g/mol. The molecule has 0 saturated carbocycles. The highest BCUT2D eigenvalue weighted by Crippen LogP contribution is 2.38. The van der Waals surface area contributed by atoms with Gasteiger partial charge in [0.2, 0.25) is 0 Å². The zero-order valence-corrected chi connectivity index (χ0v) is 36.7. The van der Waals surface area contributed by atoms with Crippen molar-refractivity contribution in [3.8, 4) is 11.1 Å². The Morgan fingerprint density at radius 1 is 0.485 bits per heavy atom. The van der Waals surface area contributed by atoms with Crippen LogP contribution in [0.4, 0.5) is 17.1 Å². The van der Waals surface area contributed by atoms with Crippen LogP contribution in [0.25, 0.3) is 34.4 Å². The predicted octanol–water partition coefficient (Wildman–Crippen LogP) is 11.0. The van der Waals surface area contributed by atoms with E-state index in [2.05, 4.69) is 32.9 Å². The van der Waals surface area contributed by atoms with Crippen LogP contribution in [0.1, 0.15) is 101 Å². The Hall–Kier alpha value is -8.58. The number of benzene rings is 6. The van der Waals surface area contributed by atoms with Gasteiger partial charge in [0.25, 0.3) is 0 Å². The number of anilines is 3. The fourth-order valence-corrected chi connectivity index (χ4v) is 7.64. The minimum absolute atomic E-state index is 0.00156. The second kappa shape index (κ2) is 19.0. The van der Waals surface area contributed by atoms with Gasteiger partial charge in [-0.2, -0.15) is 0 Å². The first-order valence-corrected chi connectivity index (χ1v) is 20.4. The third kappa shape index (κ3) is 10.6. The van der Waals surface area contributed by atoms with E-state index in [9.17, 15) is 54.3 Å². The molecule has 0 unspecified atom stereocenters. The highest BCUT2D eigenvalue weighted by molar-refractivity contribution is 6.22. The number of carbonyl (C=O) groups excluding carboxylic acids is 1. The number of aliphatic carboxylic acids is 1. The summed E-state index contributed by atoms with van der Waals surface area (Å²) < 4.78 is 5.68. The summed E-state index contributed by atoms with van der Waals surface area (Å²) >= 11 is 0. The highest BCUT2D eigenvalue weighted by Gasteiger charge is 2.25. The van der Waals surface area contributed by atoms with Gasteiger partial charge in [-0.15, -0.1) is 0 Å². The Bertz CT molecular complexity index is 2970. The molecule has 5 N–H and O–H groups in total. The van der Waals surface area contributed by atoms with Gasteiger partial charge in [-0.3, -0.25) is 0 Å². The largest absolute Gasteiger partial charge is 0.478 e. The van der Waals surface area contributed by atoms with Crippen molar-refractivity contribution >= 4 is 76.2 Å². The molecule has 66 heavy (non-hydrogen) atoms. The van der Waals surface area contributed by atoms with Crippen LogP contribution in [0, 0.1) is 20.8 Å². The number of esters is 1. The summed E-state index contributed by atoms with van der Waals surface area (Å²) in [6, 6.07) is 33.2. The van der Waals surface area contributed by atoms with Crippen LogP contribution in [0.15, 0.2) is 121 Å². The number of nitrogens with zero attached hydrogens (tertiary/aromatic N) is 1. The fraction of sp³-hybridized carbons (Fsp3) is 0.132. The predicted molar refractivity (Wildman–Crippen MR) is 251 cm³/mol. The molecule has 0 bridgehead atoms. The topological polar surface area (TPSA) is 216 Å². The van der Waals surface area contributed by atoms with E-state index < -0.39 is 63.7 Å². The van der Waals surface area contributed by atoms with Crippen LogP contribution in [0.2, 0.25) is 0 Å². The molecule has 6 aromatic rings. The van der Waals surface area contributed by atoms with Crippen LogP contribution >= 0.6 is 0 Å². The SMILES string of the molecule is Cc1cc(C)c(-c2ccc(N(c3ccc(/C=C(\C(=O)O)c4ccc(C(=O)O)c(C(=O)O)c4)cc3)c3ccc(/C=C(\C(=O)OC(C)(C)C)c4ccc(C(=O)O)c(C(=O)O)c4)cc3)cc2)c(C)c1. The number of aromatic carboxylic acids is 4. The fourth-order valence-electron chi connectivity index (χ4n) is 7.64. The number of carbonyl (C=O) groups is 6. The molecule has 0 atom stereocenters. The van der Waals surface area contributed by atoms with Crippen molar-refractivity contribution in [1.82, 2.24) is 0 Å². The zero-order chi connectivity index (χ0) is 48.2. The van der Waals surface area contributed by atoms with E-state index in [1.54, 1.807) is 57.2 Å². The molecule has 0 aliphatic heterocycles. The summed E-state index contributed by atoms with van der Waals surface area (Å²) in [5.74, 6) is -8.02. The summed E-state index contributed by atoms with van der Waals surface area (Å²) in [7, 11) is 0. The lowest BCUT2D eigenvalue weighted by Gasteiger charge is -2.26. The molecule has 334 valence electrons. The Morgan fingerprint density at radius 3 is 1.24 bits per heavy atom. The molecule has 0 heterocycles. The number of ether oxygens (including phenoxy) is 1. The van der Waals surface area contributed by atoms with Gasteiger partial charge in [0.05, 0.1) is 33.4 Å². The third-order valence-electron chi connectivity index (χ3n) is 10.4. The van der Waals surface area contributed by atoms with Crippen LogP contribution in [0.3, 0.4) is 0 Å². The summed E-state index contributed by atoms with van der Waals surface area (Å²) in [5, 5.41) is 48.7. The van der Waals surface area contributed by atoms with Crippen LogP contribution < -0.4 is 4.90 Å². The second-order valence-corrected chi connectivity index (χ2v) is 16.5.